The van der Waals surface area contributed by atoms with Crippen molar-refractivity contribution in [1.82, 2.24) is 0 Å². The Kier molecular flexibility index (Phi) is 4.51. The SMILES string of the molecule is COC1CCCCC1Nc1ccccc1C(C)(C)C. The number of hydrogen-bond donors (Lipinski definition) is 1. The molecule has 0 aromatic heterocycles. The predicted octanol–water partition coefficient (Wildman–Crippen LogP) is 4.35. The molecule has 0 heterocycles. The van der Waals surface area contributed by atoms with Gasteiger partial charge in [-0.15, -0.1) is 0 Å². The van der Waals surface area contributed by atoms with E-state index in [9.17, 15) is 0 Å². The fraction of sp³-hybridized carbons (Fsp3) is 0.647. The highest BCUT2D eigenvalue weighted by atomic mass is 16.5. The van der Waals surface area contributed by atoms with Crippen LogP contribution in [0, 0.1) is 0 Å². The monoisotopic (exact) mass is 261 g/mol. The summed E-state index contributed by atoms with van der Waals surface area (Å²) < 4.78 is 5.64. The van der Waals surface area contributed by atoms with E-state index in [1.54, 1.807) is 0 Å². The van der Waals surface area contributed by atoms with Crippen molar-refractivity contribution < 1.29 is 4.74 Å². The van der Waals surface area contributed by atoms with Gasteiger partial charge in [0.1, 0.15) is 0 Å². The lowest BCUT2D eigenvalue weighted by Crippen LogP contribution is -2.38. The lowest BCUT2D eigenvalue weighted by Gasteiger charge is -2.33. The molecule has 1 aromatic carbocycles. The number of nitrogens with one attached hydrogen (secondary N) is 1. The van der Waals surface area contributed by atoms with Gasteiger partial charge in [-0.2, -0.15) is 0 Å². The van der Waals surface area contributed by atoms with Crippen LogP contribution in [0.4, 0.5) is 5.69 Å². The first-order chi connectivity index (χ1) is 9.02. The van der Waals surface area contributed by atoms with Crippen molar-refractivity contribution in [2.45, 2.75) is 64.0 Å². The first kappa shape index (κ1) is 14.4. The minimum atomic E-state index is 0.167. The number of para-hydroxylation sites is 1. The highest BCUT2D eigenvalue weighted by molar-refractivity contribution is 5.55. The summed E-state index contributed by atoms with van der Waals surface area (Å²) >= 11 is 0. The van der Waals surface area contributed by atoms with Crippen LogP contribution in [0.2, 0.25) is 0 Å². The van der Waals surface area contributed by atoms with Crippen LogP contribution < -0.4 is 5.32 Å². The van der Waals surface area contributed by atoms with Crippen molar-refractivity contribution in [3.05, 3.63) is 29.8 Å². The number of benzene rings is 1. The van der Waals surface area contributed by atoms with Crippen molar-refractivity contribution >= 4 is 5.69 Å². The number of hydrogen-bond acceptors (Lipinski definition) is 2. The van der Waals surface area contributed by atoms with E-state index in [1.807, 2.05) is 7.11 Å². The second-order valence-corrected chi connectivity index (χ2v) is 6.61. The molecule has 1 aromatic rings. The van der Waals surface area contributed by atoms with Crippen LogP contribution in [0.5, 0.6) is 0 Å². The third kappa shape index (κ3) is 3.50. The zero-order valence-electron chi connectivity index (χ0n) is 12.7. The molecule has 0 aliphatic heterocycles. The van der Waals surface area contributed by atoms with E-state index < -0.39 is 0 Å². The first-order valence-electron chi connectivity index (χ1n) is 7.41. The Bertz CT molecular complexity index is 408. The standard InChI is InChI=1S/C17H27NO/c1-17(2,3)13-9-5-6-10-14(13)18-15-11-7-8-12-16(15)19-4/h5-6,9-10,15-16,18H,7-8,11-12H2,1-4H3. The summed E-state index contributed by atoms with van der Waals surface area (Å²) in [4.78, 5) is 0. The second kappa shape index (κ2) is 5.96. The molecule has 0 radical (unpaired) electrons. The van der Waals surface area contributed by atoms with E-state index in [0.29, 0.717) is 12.1 Å². The Morgan fingerprint density at radius 3 is 2.47 bits per heavy atom. The summed E-state index contributed by atoms with van der Waals surface area (Å²) in [6.45, 7) is 6.80. The summed E-state index contributed by atoms with van der Waals surface area (Å²) in [7, 11) is 1.83. The van der Waals surface area contributed by atoms with E-state index in [-0.39, 0.29) is 5.41 Å². The van der Waals surface area contributed by atoms with Crippen LogP contribution in [0.1, 0.15) is 52.0 Å². The molecule has 1 saturated carbocycles. The van der Waals surface area contributed by atoms with E-state index in [2.05, 4.69) is 50.4 Å². The van der Waals surface area contributed by atoms with Gasteiger partial charge in [0.25, 0.3) is 0 Å². The second-order valence-electron chi connectivity index (χ2n) is 6.61. The zero-order valence-corrected chi connectivity index (χ0v) is 12.7. The minimum absolute atomic E-state index is 0.167. The Morgan fingerprint density at radius 2 is 1.79 bits per heavy atom. The zero-order chi connectivity index (χ0) is 13.9. The summed E-state index contributed by atoms with van der Waals surface area (Å²) in [6, 6.07) is 9.11. The molecule has 19 heavy (non-hydrogen) atoms. The average molecular weight is 261 g/mol. The molecule has 0 spiro atoms. The maximum atomic E-state index is 5.64. The number of rotatable bonds is 3. The van der Waals surface area contributed by atoms with Gasteiger partial charge in [-0.1, -0.05) is 51.8 Å². The molecular formula is C17H27NO. The molecule has 1 aliphatic rings. The highest BCUT2D eigenvalue weighted by Gasteiger charge is 2.26. The van der Waals surface area contributed by atoms with E-state index in [0.717, 1.165) is 0 Å². The van der Waals surface area contributed by atoms with Crippen LogP contribution in [0.15, 0.2) is 24.3 Å². The summed E-state index contributed by atoms with van der Waals surface area (Å²) in [5.41, 5.74) is 2.82. The molecule has 2 rings (SSSR count). The smallest absolute Gasteiger partial charge is 0.0772 e. The van der Waals surface area contributed by atoms with E-state index >= 15 is 0 Å². The molecular weight excluding hydrogens is 234 g/mol. The molecule has 2 nitrogen and oxygen atoms in total. The molecule has 0 bridgehead atoms. The molecule has 1 aliphatic carbocycles. The highest BCUT2D eigenvalue weighted by Crippen LogP contribution is 2.32. The average Bonchev–Trinajstić information content (AvgIpc) is 2.39. The summed E-state index contributed by atoms with van der Waals surface area (Å²) in [6.07, 6.45) is 5.32. The molecule has 1 N–H and O–H groups in total. The van der Waals surface area contributed by atoms with Gasteiger partial charge in [-0.05, 0) is 29.9 Å². The summed E-state index contributed by atoms with van der Waals surface area (Å²) in [5.74, 6) is 0. The number of anilines is 1. The third-order valence-corrected chi connectivity index (χ3v) is 4.08. The van der Waals surface area contributed by atoms with Crippen molar-refractivity contribution in [1.29, 1.82) is 0 Å². The van der Waals surface area contributed by atoms with Gasteiger partial charge in [0, 0.05) is 12.8 Å². The van der Waals surface area contributed by atoms with E-state index in [1.165, 1.54) is 36.9 Å². The van der Waals surface area contributed by atoms with Gasteiger partial charge in [0.05, 0.1) is 12.1 Å². The summed E-state index contributed by atoms with van der Waals surface area (Å²) in [5, 5.41) is 3.73. The maximum absolute atomic E-state index is 5.64. The lowest BCUT2D eigenvalue weighted by atomic mass is 9.85. The molecule has 106 valence electrons. The van der Waals surface area contributed by atoms with Gasteiger partial charge in [-0.3, -0.25) is 0 Å². The van der Waals surface area contributed by atoms with Crippen molar-refractivity contribution in [2.24, 2.45) is 0 Å². The first-order valence-corrected chi connectivity index (χ1v) is 7.41. The maximum Gasteiger partial charge on any atom is 0.0772 e. The van der Waals surface area contributed by atoms with Crippen LogP contribution >= 0.6 is 0 Å². The Hall–Kier alpha value is -1.02. The molecule has 1 fully saturated rings. The molecule has 0 saturated heterocycles. The molecule has 2 heteroatoms. The van der Waals surface area contributed by atoms with Crippen LogP contribution in [-0.2, 0) is 10.2 Å². The number of ether oxygens (including phenoxy) is 1. The van der Waals surface area contributed by atoms with Crippen molar-refractivity contribution in [2.75, 3.05) is 12.4 Å². The fourth-order valence-electron chi connectivity index (χ4n) is 3.01. The molecule has 2 unspecified atom stereocenters. The van der Waals surface area contributed by atoms with Crippen molar-refractivity contribution in [3.63, 3.8) is 0 Å². The number of methoxy groups -OCH3 is 1. The molecule has 2 atom stereocenters. The molecule has 0 amide bonds. The third-order valence-electron chi connectivity index (χ3n) is 4.08. The van der Waals surface area contributed by atoms with Crippen LogP contribution in [0.3, 0.4) is 0 Å². The minimum Gasteiger partial charge on any atom is -0.379 e. The van der Waals surface area contributed by atoms with Gasteiger partial charge in [0.15, 0.2) is 0 Å². The lowest BCUT2D eigenvalue weighted by molar-refractivity contribution is 0.0606. The Morgan fingerprint density at radius 1 is 1.11 bits per heavy atom. The van der Waals surface area contributed by atoms with Gasteiger partial charge < -0.3 is 10.1 Å². The van der Waals surface area contributed by atoms with Crippen LogP contribution in [0.25, 0.3) is 0 Å². The fourth-order valence-corrected chi connectivity index (χ4v) is 3.01. The quantitative estimate of drug-likeness (QED) is 0.873. The van der Waals surface area contributed by atoms with E-state index in [4.69, 9.17) is 4.74 Å². The predicted molar refractivity (Wildman–Crippen MR) is 81.8 cm³/mol. The van der Waals surface area contributed by atoms with Gasteiger partial charge in [0.2, 0.25) is 0 Å². The Labute approximate surface area is 117 Å². The van der Waals surface area contributed by atoms with Gasteiger partial charge >= 0.3 is 0 Å². The van der Waals surface area contributed by atoms with Crippen LogP contribution in [-0.4, -0.2) is 19.3 Å². The Balaban J connectivity index is 2.18. The normalized spacial score (nSPS) is 24.2. The largest absolute Gasteiger partial charge is 0.379 e. The van der Waals surface area contributed by atoms with Crippen molar-refractivity contribution in [3.8, 4) is 0 Å². The van der Waals surface area contributed by atoms with Gasteiger partial charge in [-0.25, -0.2) is 0 Å². The topological polar surface area (TPSA) is 21.3 Å².